The molecule has 27 heavy (non-hydrogen) atoms. The summed E-state index contributed by atoms with van der Waals surface area (Å²) in [5, 5.41) is 3.33. The van der Waals surface area contributed by atoms with Gasteiger partial charge in [0.15, 0.2) is 0 Å². The largest absolute Gasteiger partial charge is 0.497 e. The second-order valence-corrected chi connectivity index (χ2v) is 6.89. The van der Waals surface area contributed by atoms with Crippen molar-refractivity contribution < 1.29 is 9.53 Å². The number of para-hydroxylation sites is 1. The summed E-state index contributed by atoms with van der Waals surface area (Å²) in [5.74, 6) is 0.815. The maximum Gasteiger partial charge on any atom is 0.255 e. The number of benzene rings is 2. The molecular weight excluding hydrogens is 385 g/mol. The molecule has 1 heterocycles. The van der Waals surface area contributed by atoms with E-state index in [1.807, 2.05) is 53.4 Å². The predicted octanol–water partition coefficient (Wildman–Crippen LogP) is 4.09. The van der Waals surface area contributed by atoms with E-state index in [1.165, 1.54) is 0 Å². The number of hydrogen-bond donors (Lipinski definition) is 2. The average molecular weight is 412 g/mol. The lowest BCUT2D eigenvalue weighted by Crippen LogP contribution is -2.34. The molecule has 1 fully saturated rings. The van der Waals surface area contributed by atoms with E-state index in [0.29, 0.717) is 18.7 Å². The number of nitrogens with two attached hydrogens (primary N) is 1. The molecule has 1 atom stereocenters. The predicted molar refractivity (Wildman–Crippen MR) is 115 cm³/mol. The van der Waals surface area contributed by atoms with Crippen LogP contribution >= 0.6 is 24.8 Å². The maximum atomic E-state index is 13.0. The maximum absolute atomic E-state index is 13.0. The summed E-state index contributed by atoms with van der Waals surface area (Å²) in [4.78, 5) is 14.9. The molecule has 3 rings (SSSR count). The van der Waals surface area contributed by atoms with E-state index >= 15 is 0 Å². The Bertz CT molecular complexity index is 772. The Morgan fingerprint density at radius 3 is 2.63 bits per heavy atom. The molecule has 1 aliphatic heterocycles. The highest BCUT2D eigenvalue weighted by atomic mass is 35.5. The second kappa shape index (κ2) is 9.83. The molecule has 0 radical (unpaired) electrons. The van der Waals surface area contributed by atoms with Gasteiger partial charge in [-0.2, -0.15) is 0 Å². The highest BCUT2D eigenvalue weighted by molar-refractivity contribution is 6.00. The molecule has 1 amide bonds. The SMILES string of the molecule is COc1cccc(Nc2ccccc2C(=O)N2CCC(C)(CN)C2)c1.Cl.Cl. The number of nitrogens with zero attached hydrogens (tertiary/aromatic N) is 1. The normalized spacial score (nSPS) is 18.3. The fraction of sp³-hybridized carbons (Fsp3) is 0.350. The van der Waals surface area contributed by atoms with Crippen molar-refractivity contribution in [2.24, 2.45) is 11.1 Å². The van der Waals surface area contributed by atoms with E-state index in [4.69, 9.17) is 10.5 Å². The monoisotopic (exact) mass is 411 g/mol. The van der Waals surface area contributed by atoms with E-state index in [-0.39, 0.29) is 36.1 Å². The Kier molecular flexibility index (Phi) is 8.41. The van der Waals surface area contributed by atoms with E-state index in [0.717, 1.165) is 30.1 Å². The van der Waals surface area contributed by atoms with Crippen LogP contribution in [-0.4, -0.2) is 37.6 Å². The summed E-state index contributed by atoms with van der Waals surface area (Å²) in [6, 6.07) is 15.3. The topological polar surface area (TPSA) is 67.6 Å². The highest BCUT2D eigenvalue weighted by Gasteiger charge is 2.35. The average Bonchev–Trinajstić information content (AvgIpc) is 3.05. The minimum Gasteiger partial charge on any atom is -0.497 e. The molecule has 0 saturated carbocycles. The Labute approximate surface area is 173 Å². The van der Waals surface area contributed by atoms with Crippen LogP contribution in [0.2, 0.25) is 0 Å². The minimum absolute atomic E-state index is 0. The van der Waals surface area contributed by atoms with Crippen molar-refractivity contribution in [3.63, 3.8) is 0 Å². The molecular formula is C20H27Cl2N3O2. The molecule has 3 N–H and O–H groups in total. The van der Waals surface area contributed by atoms with E-state index < -0.39 is 0 Å². The standard InChI is InChI=1S/C20H25N3O2.2ClH/c1-20(13-21)10-11-23(14-20)19(24)17-8-3-4-9-18(17)22-15-6-5-7-16(12-15)25-2;;/h3-9,12,22H,10-11,13-14,21H2,1-2H3;2*1H. The third-order valence-electron chi connectivity index (χ3n) is 4.84. The van der Waals surface area contributed by atoms with Gasteiger partial charge in [-0.15, -0.1) is 24.8 Å². The minimum atomic E-state index is 0. The molecule has 0 bridgehead atoms. The third kappa shape index (κ3) is 5.28. The van der Waals surface area contributed by atoms with E-state index in [1.54, 1.807) is 7.11 Å². The van der Waals surface area contributed by atoms with Crippen molar-refractivity contribution in [2.75, 3.05) is 32.1 Å². The van der Waals surface area contributed by atoms with Crippen molar-refractivity contribution in [2.45, 2.75) is 13.3 Å². The van der Waals surface area contributed by atoms with Crippen molar-refractivity contribution in [1.29, 1.82) is 0 Å². The van der Waals surface area contributed by atoms with Crippen LogP contribution < -0.4 is 15.8 Å². The van der Waals surface area contributed by atoms with Crippen molar-refractivity contribution in [3.8, 4) is 5.75 Å². The summed E-state index contributed by atoms with van der Waals surface area (Å²) >= 11 is 0. The van der Waals surface area contributed by atoms with Gasteiger partial charge in [-0.25, -0.2) is 0 Å². The van der Waals surface area contributed by atoms with Gasteiger partial charge in [-0.1, -0.05) is 25.1 Å². The first kappa shape index (κ1) is 23.1. The first-order valence-corrected chi connectivity index (χ1v) is 8.54. The number of amides is 1. The molecule has 7 heteroatoms. The van der Waals surface area contributed by atoms with Crippen LogP contribution in [0, 0.1) is 5.41 Å². The summed E-state index contributed by atoms with van der Waals surface area (Å²) in [6.07, 6.45) is 0.945. The molecule has 148 valence electrons. The van der Waals surface area contributed by atoms with Crippen LogP contribution in [0.4, 0.5) is 11.4 Å². The van der Waals surface area contributed by atoms with Gasteiger partial charge in [0, 0.05) is 24.8 Å². The molecule has 1 saturated heterocycles. The van der Waals surface area contributed by atoms with Gasteiger partial charge >= 0.3 is 0 Å². The fourth-order valence-corrected chi connectivity index (χ4v) is 3.17. The van der Waals surface area contributed by atoms with Gasteiger partial charge in [0.1, 0.15) is 5.75 Å². The number of anilines is 2. The summed E-state index contributed by atoms with van der Waals surface area (Å²) in [6.45, 7) is 4.19. The summed E-state index contributed by atoms with van der Waals surface area (Å²) < 4.78 is 5.26. The molecule has 1 aliphatic rings. The lowest BCUT2D eigenvalue weighted by Gasteiger charge is -2.23. The molecule has 1 unspecified atom stereocenters. The first-order valence-electron chi connectivity index (χ1n) is 8.54. The number of ether oxygens (including phenoxy) is 1. The van der Waals surface area contributed by atoms with Crippen molar-refractivity contribution in [3.05, 3.63) is 54.1 Å². The van der Waals surface area contributed by atoms with Crippen LogP contribution in [-0.2, 0) is 0 Å². The van der Waals surface area contributed by atoms with Crippen LogP contribution in [0.5, 0.6) is 5.75 Å². The number of carbonyl (C=O) groups is 1. The number of rotatable bonds is 5. The van der Waals surface area contributed by atoms with E-state index in [9.17, 15) is 4.79 Å². The number of likely N-dealkylation sites (tertiary alicyclic amines) is 1. The Balaban J connectivity index is 0.00000182. The van der Waals surface area contributed by atoms with Gasteiger partial charge in [0.05, 0.1) is 18.4 Å². The lowest BCUT2D eigenvalue weighted by atomic mass is 9.90. The van der Waals surface area contributed by atoms with Crippen LogP contribution in [0.3, 0.4) is 0 Å². The van der Waals surface area contributed by atoms with Crippen LogP contribution in [0.25, 0.3) is 0 Å². The van der Waals surface area contributed by atoms with Crippen molar-refractivity contribution in [1.82, 2.24) is 4.90 Å². The zero-order valence-corrected chi connectivity index (χ0v) is 17.2. The molecule has 0 spiro atoms. The first-order chi connectivity index (χ1) is 12.0. The van der Waals surface area contributed by atoms with E-state index in [2.05, 4.69) is 12.2 Å². The lowest BCUT2D eigenvalue weighted by molar-refractivity contribution is 0.0778. The number of hydrogen-bond acceptors (Lipinski definition) is 4. The van der Waals surface area contributed by atoms with Crippen LogP contribution in [0.1, 0.15) is 23.7 Å². The van der Waals surface area contributed by atoms with Gasteiger partial charge in [-0.05, 0) is 42.6 Å². The summed E-state index contributed by atoms with van der Waals surface area (Å²) in [5.41, 5.74) is 8.23. The number of halogens is 2. The van der Waals surface area contributed by atoms with Crippen molar-refractivity contribution >= 4 is 42.1 Å². The molecule has 0 aliphatic carbocycles. The highest BCUT2D eigenvalue weighted by Crippen LogP contribution is 2.31. The molecule has 5 nitrogen and oxygen atoms in total. The molecule has 0 aromatic heterocycles. The smallest absolute Gasteiger partial charge is 0.255 e. The van der Waals surface area contributed by atoms with Crippen LogP contribution in [0.15, 0.2) is 48.5 Å². The summed E-state index contributed by atoms with van der Waals surface area (Å²) in [7, 11) is 1.64. The van der Waals surface area contributed by atoms with Gasteiger partial charge < -0.3 is 20.7 Å². The third-order valence-corrected chi connectivity index (χ3v) is 4.84. The number of carbonyl (C=O) groups excluding carboxylic acids is 1. The Morgan fingerprint density at radius 2 is 1.96 bits per heavy atom. The fourth-order valence-electron chi connectivity index (χ4n) is 3.17. The molecule has 2 aromatic rings. The van der Waals surface area contributed by atoms with Gasteiger partial charge in [-0.3, -0.25) is 4.79 Å². The van der Waals surface area contributed by atoms with Gasteiger partial charge in [0.25, 0.3) is 5.91 Å². The Morgan fingerprint density at radius 1 is 1.22 bits per heavy atom. The number of nitrogens with one attached hydrogen (secondary N) is 1. The number of methoxy groups -OCH3 is 1. The zero-order chi connectivity index (χ0) is 17.9. The quantitative estimate of drug-likeness (QED) is 0.776. The molecule has 2 aromatic carbocycles. The second-order valence-electron chi connectivity index (χ2n) is 6.89. The Hall–Kier alpha value is -1.95. The van der Waals surface area contributed by atoms with Gasteiger partial charge in [0.2, 0.25) is 0 Å². The zero-order valence-electron chi connectivity index (χ0n) is 15.6.